The first-order valence-corrected chi connectivity index (χ1v) is 10.2. The summed E-state index contributed by atoms with van der Waals surface area (Å²) in [4.78, 5) is 11.9. The third-order valence-corrected chi connectivity index (χ3v) is 6.02. The molecule has 0 aliphatic rings. The van der Waals surface area contributed by atoms with Gasteiger partial charge in [0.2, 0.25) is 11.0 Å². The molecule has 1 heterocycles. The van der Waals surface area contributed by atoms with E-state index < -0.39 is 0 Å². The number of thioether (sulfide) groups is 2. The Morgan fingerprint density at radius 1 is 1.39 bits per heavy atom. The zero-order valence-electron chi connectivity index (χ0n) is 11.9. The fourth-order valence-corrected chi connectivity index (χ4v) is 4.41. The van der Waals surface area contributed by atoms with Gasteiger partial charge in [-0.15, -0.1) is 28.5 Å². The predicted octanol–water partition coefficient (Wildman–Crippen LogP) is 4.99. The molecule has 2 rings (SSSR count). The highest BCUT2D eigenvalue weighted by Gasteiger charge is 2.09. The van der Waals surface area contributed by atoms with Crippen LogP contribution in [0, 0.1) is 0 Å². The Kier molecular flexibility index (Phi) is 7.72. The van der Waals surface area contributed by atoms with Crippen LogP contribution in [-0.2, 0) is 10.5 Å². The topological polar surface area (TPSA) is 54.9 Å². The van der Waals surface area contributed by atoms with Gasteiger partial charge in [0.25, 0.3) is 0 Å². The molecular weight excluding hydrogens is 393 g/mol. The highest BCUT2D eigenvalue weighted by Crippen LogP contribution is 2.26. The lowest BCUT2D eigenvalue weighted by Crippen LogP contribution is -2.14. The molecule has 0 bridgehead atoms. The van der Waals surface area contributed by atoms with Crippen molar-refractivity contribution in [3.8, 4) is 0 Å². The molecular formula is C14H13Cl2N3OS3. The van der Waals surface area contributed by atoms with Gasteiger partial charge in [-0.3, -0.25) is 10.1 Å². The maximum absolute atomic E-state index is 11.9. The lowest BCUT2D eigenvalue weighted by atomic mass is 10.2. The first kappa shape index (κ1) is 18.6. The average Bonchev–Trinajstić information content (AvgIpc) is 2.94. The summed E-state index contributed by atoms with van der Waals surface area (Å²) >= 11 is 16.3. The zero-order valence-corrected chi connectivity index (χ0v) is 15.9. The molecule has 1 aromatic carbocycles. The lowest BCUT2D eigenvalue weighted by Gasteiger charge is -2.04. The molecule has 0 saturated heterocycles. The number of anilines is 1. The molecule has 1 aromatic heterocycles. The van der Waals surface area contributed by atoms with Gasteiger partial charge >= 0.3 is 0 Å². The SMILES string of the molecule is C=CCSc1nnc(NC(=O)CSCc2ccc(Cl)cc2Cl)s1. The summed E-state index contributed by atoms with van der Waals surface area (Å²) in [6.45, 7) is 3.65. The van der Waals surface area contributed by atoms with Crippen molar-refractivity contribution < 1.29 is 4.79 Å². The number of carbonyl (C=O) groups is 1. The summed E-state index contributed by atoms with van der Waals surface area (Å²) < 4.78 is 0.806. The van der Waals surface area contributed by atoms with Gasteiger partial charge in [0.05, 0.1) is 5.75 Å². The van der Waals surface area contributed by atoms with Gasteiger partial charge in [-0.25, -0.2) is 0 Å². The molecule has 0 aliphatic carbocycles. The number of benzene rings is 1. The zero-order chi connectivity index (χ0) is 16.7. The average molecular weight is 406 g/mol. The van der Waals surface area contributed by atoms with E-state index in [0.29, 0.717) is 26.7 Å². The van der Waals surface area contributed by atoms with Crippen LogP contribution in [0.2, 0.25) is 10.0 Å². The largest absolute Gasteiger partial charge is 0.300 e. The van der Waals surface area contributed by atoms with Crippen molar-refractivity contribution >= 4 is 69.1 Å². The van der Waals surface area contributed by atoms with Crippen LogP contribution in [-0.4, -0.2) is 27.6 Å². The number of hydrogen-bond donors (Lipinski definition) is 1. The fraction of sp³-hybridized carbons (Fsp3) is 0.214. The van der Waals surface area contributed by atoms with Gasteiger partial charge in [-0.2, -0.15) is 0 Å². The smallest absolute Gasteiger partial charge is 0.236 e. The monoisotopic (exact) mass is 405 g/mol. The first-order valence-electron chi connectivity index (χ1n) is 6.47. The summed E-state index contributed by atoms with van der Waals surface area (Å²) in [7, 11) is 0. The van der Waals surface area contributed by atoms with E-state index in [2.05, 4.69) is 22.1 Å². The molecule has 122 valence electrons. The van der Waals surface area contributed by atoms with E-state index in [1.165, 1.54) is 34.9 Å². The van der Waals surface area contributed by atoms with E-state index in [9.17, 15) is 4.79 Å². The van der Waals surface area contributed by atoms with Gasteiger partial charge in [-0.05, 0) is 17.7 Å². The van der Waals surface area contributed by atoms with E-state index in [4.69, 9.17) is 23.2 Å². The molecule has 0 aliphatic heterocycles. The Balaban J connectivity index is 1.76. The van der Waals surface area contributed by atoms with Crippen molar-refractivity contribution in [2.45, 2.75) is 10.1 Å². The summed E-state index contributed by atoms with van der Waals surface area (Å²) in [6.07, 6.45) is 1.79. The van der Waals surface area contributed by atoms with E-state index in [1.54, 1.807) is 18.2 Å². The van der Waals surface area contributed by atoms with E-state index in [1.807, 2.05) is 6.07 Å². The third kappa shape index (κ3) is 6.35. The quantitative estimate of drug-likeness (QED) is 0.380. The summed E-state index contributed by atoms with van der Waals surface area (Å²) in [5.41, 5.74) is 0.952. The predicted molar refractivity (Wildman–Crippen MR) is 102 cm³/mol. The van der Waals surface area contributed by atoms with Gasteiger partial charge in [-0.1, -0.05) is 58.4 Å². The van der Waals surface area contributed by atoms with Crippen molar-refractivity contribution in [2.24, 2.45) is 0 Å². The van der Waals surface area contributed by atoms with E-state index in [0.717, 1.165) is 15.7 Å². The van der Waals surface area contributed by atoms with Crippen LogP contribution in [0.25, 0.3) is 0 Å². The molecule has 2 aromatic rings. The maximum Gasteiger partial charge on any atom is 0.236 e. The van der Waals surface area contributed by atoms with Crippen LogP contribution in [0.1, 0.15) is 5.56 Å². The van der Waals surface area contributed by atoms with Crippen molar-refractivity contribution in [1.82, 2.24) is 10.2 Å². The molecule has 0 radical (unpaired) electrons. The van der Waals surface area contributed by atoms with Crippen LogP contribution in [0.15, 0.2) is 35.2 Å². The molecule has 0 spiro atoms. The highest BCUT2D eigenvalue weighted by atomic mass is 35.5. The van der Waals surface area contributed by atoms with Gasteiger partial charge in [0, 0.05) is 21.6 Å². The van der Waals surface area contributed by atoms with Crippen LogP contribution in [0.5, 0.6) is 0 Å². The van der Waals surface area contributed by atoms with Crippen LogP contribution >= 0.6 is 58.1 Å². The number of nitrogens with zero attached hydrogens (tertiary/aromatic N) is 2. The lowest BCUT2D eigenvalue weighted by molar-refractivity contribution is -0.113. The second-order valence-corrected chi connectivity index (χ2v) is 8.32. The Morgan fingerprint density at radius 3 is 2.96 bits per heavy atom. The number of amides is 1. The van der Waals surface area contributed by atoms with Crippen molar-refractivity contribution in [2.75, 3.05) is 16.8 Å². The van der Waals surface area contributed by atoms with E-state index >= 15 is 0 Å². The van der Waals surface area contributed by atoms with Crippen molar-refractivity contribution in [1.29, 1.82) is 0 Å². The first-order chi connectivity index (χ1) is 11.1. The summed E-state index contributed by atoms with van der Waals surface area (Å²) in [5.74, 6) is 1.60. The molecule has 1 N–H and O–H groups in total. The normalized spacial score (nSPS) is 10.5. The molecule has 9 heteroatoms. The third-order valence-electron chi connectivity index (χ3n) is 2.48. The number of rotatable bonds is 8. The Labute approximate surface area is 157 Å². The minimum absolute atomic E-state index is 0.114. The van der Waals surface area contributed by atoms with Crippen molar-refractivity contribution in [3.05, 3.63) is 46.5 Å². The second kappa shape index (κ2) is 9.54. The molecule has 0 atom stereocenters. The number of halogens is 2. The number of carbonyl (C=O) groups excluding carboxylic acids is 1. The van der Waals surface area contributed by atoms with Gasteiger partial charge in [0.1, 0.15) is 0 Å². The summed E-state index contributed by atoms with van der Waals surface area (Å²) in [5, 5.41) is 12.4. The molecule has 1 amide bonds. The van der Waals surface area contributed by atoms with Crippen molar-refractivity contribution in [3.63, 3.8) is 0 Å². The molecule has 0 fully saturated rings. The molecule has 0 unspecified atom stereocenters. The highest BCUT2D eigenvalue weighted by molar-refractivity contribution is 8.01. The van der Waals surface area contributed by atoms with E-state index in [-0.39, 0.29) is 5.91 Å². The van der Waals surface area contributed by atoms with Crippen LogP contribution in [0.3, 0.4) is 0 Å². The second-order valence-electron chi connectivity index (χ2n) is 4.25. The number of hydrogen-bond acceptors (Lipinski definition) is 6. The minimum atomic E-state index is -0.114. The fourth-order valence-electron chi connectivity index (χ4n) is 1.50. The molecule has 0 saturated carbocycles. The number of nitrogens with one attached hydrogen (secondary N) is 1. The maximum atomic E-state index is 11.9. The van der Waals surface area contributed by atoms with Crippen LogP contribution in [0.4, 0.5) is 5.13 Å². The Morgan fingerprint density at radius 2 is 2.22 bits per heavy atom. The van der Waals surface area contributed by atoms with Gasteiger partial charge < -0.3 is 0 Å². The molecule has 23 heavy (non-hydrogen) atoms. The minimum Gasteiger partial charge on any atom is -0.300 e. The Hall–Kier alpha value is -0.730. The Bertz CT molecular complexity index is 694. The van der Waals surface area contributed by atoms with Crippen LogP contribution < -0.4 is 5.32 Å². The number of aromatic nitrogens is 2. The summed E-state index contributed by atoms with van der Waals surface area (Å²) in [6, 6.07) is 5.35. The standard InChI is InChI=1S/C14H13Cl2N3OS3/c1-2-5-22-14-19-18-13(23-14)17-12(20)8-21-7-9-3-4-10(15)6-11(9)16/h2-4,6H,1,5,7-8H2,(H,17,18,20). The molecule has 4 nitrogen and oxygen atoms in total. The van der Waals surface area contributed by atoms with Gasteiger partial charge in [0.15, 0.2) is 4.34 Å².